The Morgan fingerprint density at radius 1 is 1.21 bits per heavy atom. The highest BCUT2D eigenvalue weighted by atomic mass is 35.5. The van der Waals surface area contributed by atoms with Crippen LogP contribution in [0.15, 0.2) is 89.7 Å². The average Bonchev–Trinajstić information content (AvgIpc) is 3.07. The number of nitrogens with one attached hydrogen (secondary N) is 1. The summed E-state index contributed by atoms with van der Waals surface area (Å²) in [7, 11) is -4.15. The molecule has 7 nitrogen and oxygen atoms in total. The topological polar surface area (TPSA) is 84.9 Å². The van der Waals surface area contributed by atoms with Gasteiger partial charge in [0, 0.05) is 11.6 Å². The highest BCUT2D eigenvalue weighted by Crippen LogP contribution is 2.33. The molecule has 0 bridgehead atoms. The van der Waals surface area contributed by atoms with E-state index in [1.807, 2.05) is 12.2 Å². The number of hydrogen-bond donors (Lipinski definition) is 1. The maximum absolute atomic E-state index is 13.9. The molecule has 2 atom stereocenters. The summed E-state index contributed by atoms with van der Waals surface area (Å²) in [5.41, 5.74) is 0.940. The summed E-state index contributed by atoms with van der Waals surface area (Å²) in [6, 6.07) is 3.95. The number of amides is 1. The molecule has 180 valence electrons. The van der Waals surface area contributed by atoms with E-state index in [-0.39, 0.29) is 16.6 Å². The number of ether oxygens (including phenoxy) is 2. The lowest BCUT2D eigenvalue weighted by molar-refractivity contribution is -0.124. The number of sulfonamides is 1. The molecule has 9 heteroatoms. The van der Waals surface area contributed by atoms with E-state index in [0.29, 0.717) is 30.2 Å². The average molecular weight is 503 g/mol. The third-order valence-corrected chi connectivity index (χ3v) is 8.07. The van der Waals surface area contributed by atoms with Gasteiger partial charge in [0.2, 0.25) is 15.9 Å². The van der Waals surface area contributed by atoms with Crippen molar-refractivity contribution in [3.63, 3.8) is 0 Å². The van der Waals surface area contributed by atoms with Crippen molar-refractivity contribution in [3.8, 4) is 0 Å². The first-order valence-electron chi connectivity index (χ1n) is 11.2. The van der Waals surface area contributed by atoms with Gasteiger partial charge < -0.3 is 14.8 Å². The number of carbonyl (C=O) groups is 1. The van der Waals surface area contributed by atoms with Crippen molar-refractivity contribution < 1.29 is 22.7 Å². The summed E-state index contributed by atoms with van der Waals surface area (Å²) in [4.78, 5) is 13.0. The lowest BCUT2D eigenvalue weighted by Gasteiger charge is -2.35. The molecule has 0 aromatic heterocycles. The zero-order chi connectivity index (χ0) is 24.1. The SMILES string of the molecule is C=CC(C1=COC=C(C2=CC=CCC2)O1)N(C1CCCCNC1=O)S(=O)(=O)c1ccc(Cl)cc1. The lowest BCUT2D eigenvalue weighted by Crippen LogP contribution is -2.53. The highest BCUT2D eigenvalue weighted by Gasteiger charge is 2.43. The minimum absolute atomic E-state index is 0.0222. The van der Waals surface area contributed by atoms with Gasteiger partial charge in [0.15, 0.2) is 11.5 Å². The molecule has 2 heterocycles. The van der Waals surface area contributed by atoms with E-state index in [0.717, 1.165) is 24.8 Å². The molecular formula is C25H27ClN2O5S. The van der Waals surface area contributed by atoms with Crippen molar-refractivity contribution in [1.82, 2.24) is 9.62 Å². The van der Waals surface area contributed by atoms with Crippen LogP contribution in [0.3, 0.4) is 0 Å². The number of carbonyl (C=O) groups excluding carboxylic acids is 1. The second kappa shape index (κ2) is 10.6. The summed E-state index contributed by atoms with van der Waals surface area (Å²) < 4.78 is 40.7. The van der Waals surface area contributed by atoms with Crippen LogP contribution in [0.1, 0.15) is 32.1 Å². The van der Waals surface area contributed by atoms with Gasteiger partial charge in [-0.1, -0.05) is 35.9 Å². The molecule has 1 aromatic rings. The van der Waals surface area contributed by atoms with Crippen LogP contribution in [0.5, 0.6) is 0 Å². The molecule has 4 rings (SSSR count). The summed E-state index contributed by atoms with van der Waals surface area (Å²) >= 11 is 5.99. The van der Waals surface area contributed by atoms with Crippen LogP contribution in [0, 0.1) is 0 Å². The molecule has 1 amide bonds. The Morgan fingerprint density at radius 3 is 2.71 bits per heavy atom. The first-order chi connectivity index (χ1) is 16.4. The number of hydrogen-bond acceptors (Lipinski definition) is 5. The molecule has 3 aliphatic rings. The Morgan fingerprint density at radius 2 is 2.00 bits per heavy atom. The van der Waals surface area contributed by atoms with Gasteiger partial charge in [-0.15, -0.1) is 6.58 Å². The standard InChI is InChI=1S/C25H27ClN2O5S/c1-2-21(24-17-32-16-23(33-24)18-8-4-3-5-9-18)28(22-10-6-7-15-27-25(22)29)34(30,31)20-13-11-19(26)12-14-20/h2-4,8,11-14,16-17,21-22H,1,5-7,9-10,15H2,(H,27,29). The zero-order valence-electron chi connectivity index (χ0n) is 18.7. The van der Waals surface area contributed by atoms with E-state index in [1.165, 1.54) is 47.2 Å². The maximum atomic E-state index is 13.9. The van der Waals surface area contributed by atoms with Crippen molar-refractivity contribution in [2.75, 3.05) is 6.54 Å². The zero-order valence-corrected chi connectivity index (χ0v) is 20.2. The van der Waals surface area contributed by atoms with Gasteiger partial charge in [0.25, 0.3) is 0 Å². The predicted octanol–water partition coefficient (Wildman–Crippen LogP) is 4.56. The summed E-state index contributed by atoms with van der Waals surface area (Å²) in [5.74, 6) is 0.385. The van der Waals surface area contributed by atoms with E-state index < -0.39 is 22.1 Å². The Hall–Kier alpha value is -2.81. The van der Waals surface area contributed by atoms with Crippen LogP contribution in [-0.2, 0) is 24.3 Å². The molecule has 0 radical (unpaired) electrons. The largest absolute Gasteiger partial charge is 0.465 e. The Balaban J connectivity index is 1.73. The van der Waals surface area contributed by atoms with Crippen molar-refractivity contribution in [3.05, 3.63) is 89.8 Å². The van der Waals surface area contributed by atoms with Crippen LogP contribution in [0.4, 0.5) is 0 Å². The molecule has 1 aromatic carbocycles. The Bertz CT molecular complexity index is 1170. The van der Waals surface area contributed by atoms with Crippen LogP contribution in [-0.4, -0.2) is 37.3 Å². The first kappa shape index (κ1) is 24.3. The van der Waals surface area contributed by atoms with Crippen molar-refractivity contribution >= 4 is 27.5 Å². The van der Waals surface area contributed by atoms with Gasteiger partial charge >= 0.3 is 0 Å². The minimum atomic E-state index is -4.15. The lowest BCUT2D eigenvalue weighted by atomic mass is 10.0. The predicted molar refractivity (Wildman–Crippen MR) is 130 cm³/mol. The first-order valence-corrected chi connectivity index (χ1v) is 13.0. The van der Waals surface area contributed by atoms with Gasteiger partial charge in [-0.05, 0) is 61.9 Å². The summed E-state index contributed by atoms with van der Waals surface area (Å²) in [6.45, 7) is 4.38. The Kier molecular flexibility index (Phi) is 7.60. The molecule has 1 fully saturated rings. The smallest absolute Gasteiger partial charge is 0.244 e. The van der Waals surface area contributed by atoms with Crippen molar-refractivity contribution in [2.45, 2.75) is 49.1 Å². The van der Waals surface area contributed by atoms with Crippen LogP contribution < -0.4 is 5.32 Å². The molecule has 2 aliphatic heterocycles. The van der Waals surface area contributed by atoms with E-state index in [2.05, 4.69) is 18.0 Å². The fourth-order valence-electron chi connectivity index (χ4n) is 4.17. The van der Waals surface area contributed by atoms with E-state index in [1.54, 1.807) is 0 Å². The molecule has 0 saturated carbocycles. The third-order valence-electron chi connectivity index (χ3n) is 5.91. The molecule has 1 saturated heterocycles. The van der Waals surface area contributed by atoms with E-state index >= 15 is 0 Å². The number of rotatable bonds is 7. The minimum Gasteiger partial charge on any atom is -0.465 e. The molecular weight excluding hydrogens is 476 g/mol. The van der Waals surface area contributed by atoms with Gasteiger partial charge in [0.1, 0.15) is 24.6 Å². The Labute approximate surface area is 205 Å². The highest BCUT2D eigenvalue weighted by molar-refractivity contribution is 7.89. The van der Waals surface area contributed by atoms with Gasteiger partial charge in [-0.2, -0.15) is 4.31 Å². The van der Waals surface area contributed by atoms with Crippen LogP contribution in [0.2, 0.25) is 5.02 Å². The molecule has 34 heavy (non-hydrogen) atoms. The molecule has 0 spiro atoms. The molecule has 1 aliphatic carbocycles. The summed E-state index contributed by atoms with van der Waals surface area (Å²) in [5, 5.41) is 3.24. The van der Waals surface area contributed by atoms with E-state index in [9.17, 15) is 13.2 Å². The van der Waals surface area contributed by atoms with Crippen LogP contribution in [0.25, 0.3) is 0 Å². The number of benzene rings is 1. The van der Waals surface area contributed by atoms with Gasteiger partial charge in [-0.25, -0.2) is 8.42 Å². The monoisotopic (exact) mass is 502 g/mol. The molecule has 2 unspecified atom stereocenters. The summed E-state index contributed by atoms with van der Waals surface area (Å²) in [6.07, 6.45) is 13.7. The fraction of sp³-hybridized carbons (Fsp3) is 0.320. The van der Waals surface area contributed by atoms with Crippen LogP contribution >= 0.6 is 11.6 Å². The third kappa shape index (κ3) is 5.14. The quantitative estimate of drug-likeness (QED) is 0.552. The second-order valence-corrected chi connectivity index (χ2v) is 10.5. The van der Waals surface area contributed by atoms with E-state index in [4.69, 9.17) is 21.1 Å². The second-order valence-electron chi connectivity index (χ2n) is 8.17. The van der Waals surface area contributed by atoms with Crippen molar-refractivity contribution in [2.24, 2.45) is 0 Å². The molecule has 1 N–H and O–H groups in total. The maximum Gasteiger partial charge on any atom is 0.244 e. The number of halogens is 1. The fourth-order valence-corrected chi connectivity index (χ4v) is 6.04. The van der Waals surface area contributed by atoms with Gasteiger partial charge in [-0.3, -0.25) is 4.79 Å². The number of nitrogens with zero attached hydrogens (tertiary/aromatic N) is 1. The van der Waals surface area contributed by atoms with Gasteiger partial charge in [0.05, 0.1) is 4.90 Å². The number of allylic oxidation sites excluding steroid dienone is 4. The normalized spacial score (nSPS) is 21.8. The van der Waals surface area contributed by atoms with Crippen molar-refractivity contribution in [1.29, 1.82) is 0 Å².